The first-order valence-electron chi connectivity index (χ1n) is 15.7. The van der Waals surface area contributed by atoms with Gasteiger partial charge in [-0.25, -0.2) is 0 Å². The SMILES string of the molecule is CCC(C)CCCCCCCCCCCCCCCCCCCCCCCCCCCC#N. The van der Waals surface area contributed by atoms with Gasteiger partial charge in [-0.15, -0.1) is 0 Å². The molecule has 0 amide bonds. The van der Waals surface area contributed by atoms with Crippen LogP contribution >= 0.6 is 0 Å². The van der Waals surface area contributed by atoms with Crippen molar-refractivity contribution in [1.29, 1.82) is 5.26 Å². The van der Waals surface area contributed by atoms with E-state index in [1.807, 2.05) is 0 Å². The van der Waals surface area contributed by atoms with Crippen LogP contribution in [0.2, 0.25) is 0 Å². The first-order chi connectivity index (χ1) is 16.3. The van der Waals surface area contributed by atoms with E-state index in [9.17, 15) is 0 Å². The molecule has 196 valence electrons. The fourth-order valence-electron chi connectivity index (χ4n) is 4.97. The summed E-state index contributed by atoms with van der Waals surface area (Å²) in [7, 11) is 0. The molecule has 0 bridgehead atoms. The van der Waals surface area contributed by atoms with Crippen LogP contribution in [0.15, 0.2) is 0 Å². The standard InChI is InChI=1S/C32H63N/c1-3-32(2)30-28-26-24-22-20-18-16-14-12-10-8-6-4-5-7-9-11-13-15-17-19-21-23-25-27-29-31-33/h32H,3-30H2,1-2H3. The van der Waals surface area contributed by atoms with Crippen molar-refractivity contribution in [3.63, 3.8) is 0 Å². The first kappa shape index (κ1) is 32.5. The van der Waals surface area contributed by atoms with E-state index in [0.717, 1.165) is 18.8 Å². The van der Waals surface area contributed by atoms with Gasteiger partial charge < -0.3 is 0 Å². The van der Waals surface area contributed by atoms with Gasteiger partial charge in [-0.1, -0.05) is 181 Å². The highest BCUT2D eigenvalue weighted by atomic mass is 14.2. The fourth-order valence-corrected chi connectivity index (χ4v) is 4.97. The highest BCUT2D eigenvalue weighted by Crippen LogP contribution is 2.17. The van der Waals surface area contributed by atoms with Gasteiger partial charge in [0.2, 0.25) is 0 Å². The molecule has 0 radical (unpaired) electrons. The highest BCUT2D eigenvalue weighted by Gasteiger charge is 1.99. The molecule has 0 aromatic carbocycles. The zero-order chi connectivity index (χ0) is 24.1. The van der Waals surface area contributed by atoms with E-state index in [-0.39, 0.29) is 0 Å². The second kappa shape index (κ2) is 29.5. The van der Waals surface area contributed by atoms with E-state index >= 15 is 0 Å². The van der Waals surface area contributed by atoms with Gasteiger partial charge in [0, 0.05) is 6.42 Å². The molecule has 0 rings (SSSR count). The average Bonchev–Trinajstić information content (AvgIpc) is 2.83. The Balaban J connectivity index is 3.02. The molecule has 0 aromatic heterocycles. The van der Waals surface area contributed by atoms with Crippen molar-refractivity contribution in [3.8, 4) is 6.07 Å². The van der Waals surface area contributed by atoms with Crippen molar-refractivity contribution in [1.82, 2.24) is 0 Å². The lowest BCUT2D eigenvalue weighted by Gasteiger charge is -2.07. The van der Waals surface area contributed by atoms with Crippen LogP contribution in [-0.4, -0.2) is 0 Å². The minimum Gasteiger partial charge on any atom is -0.198 e. The maximum Gasteiger partial charge on any atom is 0.0621 e. The predicted molar refractivity (Wildman–Crippen MR) is 150 cm³/mol. The summed E-state index contributed by atoms with van der Waals surface area (Å²) in [6.45, 7) is 4.72. The molecule has 0 saturated heterocycles. The Morgan fingerprint density at radius 1 is 0.424 bits per heavy atom. The van der Waals surface area contributed by atoms with Gasteiger partial charge in [0.05, 0.1) is 6.07 Å². The minimum atomic E-state index is 0.749. The second-order valence-electron chi connectivity index (χ2n) is 11.0. The van der Waals surface area contributed by atoms with E-state index in [2.05, 4.69) is 19.9 Å². The van der Waals surface area contributed by atoms with Crippen molar-refractivity contribution < 1.29 is 0 Å². The van der Waals surface area contributed by atoms with Crippen LogP contribution in [0.1, 0.15) is 194 Å². The summed E-state index contributed by atoms with van der Waals surface area (Å²) >= 11 is 0. The first-order valence-corrected chi connectivity index (χ1v) is 15.7. The van der Waals surface area contributed by atoms with E-state index in [0.29, 0.717) is 0 Å². The maximum atomic E-state index is 8.52. The highest BCUT2D eigenvalue weighted by molar-refractivity contribution is 4.67. The Labute approximate surface area is 210 Å². The van der Waals surface area contributed by atoms with Crippen molar-refractivity contribution in [3.05, 3.63) is 0 Å². The Kier molecular flexibility index (Phi) is 29.1. The molecule has 1 nitrogen and oxygen atoms in total. The number of hydrogen-bond acceptors (Lipinski definition) is 1. The van der Waals surface area contributed by atoms with E-state index in [1.54, 1.807) is 0 Å². The maximum absolute atomic E-state index is 8.52. The third-order valence-electron chi connectivity index (χ3n) is 7.68. The molecule has 0 heterocycles. The van der Waals surface area contributed by atoms with E-state index in [4.69, 9.17) is 5.26 Å². The smallest absolute Gasteiger partial charge is 0.0621 e. The van der Waals surface area contributed by atoms with Gasteiger partial charge in [0.25, 0.3) is 0 Å². The third kappa shape index (κ3) is 29.5. The molecule has 0 aromatic rings. The summed E-state index contributed by atoms with van der Waals surface area (Å²) in [5.41, 5.74) is 0. The lowest BCUT2D eigenvalue weighted by molar-refractivity contribution is 0.468. The third-order valence-corrected chi connectivity index (χ3v) is 7.68. The second-order valence-corrected chi connectivity index (χ2v) is 11.0. The van der Waals surface area contributed by atoms with Crippen LogP contribution in [0.25, 0.3) is 0 Å². The van der Waals surface area contributed by atoms with Crippen LogP contribution in [0.3, 0.4) is 0 Å². The van der Waals surface area contributed by atoms with Crippen molar-refractivity contribution in [2.24, 2.45) is 5.92 Å². The molecule has 0 spiro atoms. The topological polar surface area (TPSA) is 23.8 Å². The molecular formula is C32H63N. The van der Waals surface area contributed by atoms with Gasteiger partial charge in [0.15, 0.2) is 0 Å². The van der Waals surface area contributed by atoms with Crippen molar-refractivity contribution in [2.75, 3.05) is 0 Å². The van der Waals surface area contributed by atoms with Crippen LogP contribution in [0.4, 0.5) is 0 Å². The Hall–Kier alpha value is -0.510. The monoisotopic (exact) mass is 461 g/mol. The molecule has 1 atom stereocenters. The molecule has 0 aliphatic rings. The van der Waals surface area contributed by atoms with Gasteiger partial charge in [-0.3, -0.25) is 0 Å². The van der Waals surface area contributed by atoms with Crippen molar-refractivity contribution >= 4 is 0 Å². The fraction of sp³-hybridized carbons (Fsp3) is 0.969. The summed E-state index contributed by atoms with van der Waals surface area (Å²) in [6, 6.07) is 2.24. The Morgan fingerprint density at radius 2 is 0.667 bits per heavy atom. The summed E-state index contributed by atoms with van der Waals surface area (Å²) in [6.07, 6.45) is 39.4. The Morgan fingerprint density at radius 3 is 0.909 bits per heavy atom. The normalized spacial score (nSPS) is 12.2. The molecule has 0 aliphatic heterocycles. The summed E-state index contributed by atoms with van der Waals surface area (Å²) in [4.78, 5) is 0. The Bertz CT molecular complexity index is 382. The molecule has 33 heavy (non-hydrogen) atoms. The summed E-state index contributed by atoms with van der Waals surface area (Å²) in [5, 5.41) is 8.52. The number of nitriles is 1. The zero-order valence-corrected chi connectivity index (χ0v) is 23.3. The number of rotatable bonds is 28. The van der Waals surface area contributed by atoms with Gasteiger partial charge in [0.1, 0.15) is 0 Å². The summed E-state index contributed by atoms with van der Waals surface area (Å²) < 4.78 is 0. The molecule has 0 fully saturated rings. The minimum absolute atomic E-state index is 0.749. The number of unbranched alkanes of at least 4 members (excludes halogenated alkanes) is 25. The molecular weight excluding hydrogens is 398 g/mol. The molecule has 1 unspecified atom stereocenters. The van der Waals surface area contributed by atoms with Crippen LogP contribution in [0, 0.1) is 17.2 Å². The zero-order valence-electron chi connectivity index (χ0n) is 23.3. The van der Waals surface area contributed by atoms with Crippen LogP contribution in [-0.2, 0) is 0 Å². The molecule has 0 aliphatic carbocycles. The van der Waals surface area contributed by atoms with Crippen LogP contribution < -0.4 is 0 Å². The van der Waals surface area contributed by atoms with E-state index in [1.165, 1.54) is 167 Å². The lowest BCUT2D eigenvalue weighted by Crippen LogP contribution is -1.91. The van der Waals surface area contributed by atoms with E-state index < -0.39 is 0 Å². The number of nitrogens with zero attached hydrogens (tertiary/aromatic N) is 1. The number of hydrogen-bond donors (Lipinski definition) is 0. The average molecular weight is 462 g/mol. The lowest BCUT2D eigenvalue weighted by atomic mass is 9.99. The molecule has 0 saturated carbocycles. The van der Waals surface area contributed by atoms with Gasteiger partial charge >= 0.3 is 0 Å². The van der Waals surface area contributed by atoms with Gasteiger partial charge in [-0.05, 0) is 12.3 Å². The molecule has 1 heteroatoms. The van der Waals surface area contributed by atoms with Gasteiger partial charge in [-0.2, -0.15) is 5.26 Å². The molecule has 0 N–H and O–H groups in total. The quantitative estimate of drug-likeness (QED) is 0.106. The largest absolute Gasteiger partial charge is 0.198 e. The van der Waals surface area contributed by atoms with Crippen LogP contribution in [0.5, 0.6) is 0 Å². The predicted octanol–water partition coefficient (Wildman–Crippen LogP) is 12.1. The van der Waals surface area contributed by atoms with Crippen molar-refractivity contribution in [2.45, 2.75) is 194 Å². The summed E-state index contributed by atoms with van der Waals surface area (Å²) in [5.74, 6) is 0.943.